The quantitative estimate of drug-likeness (QED) is 0.451. The van der Waals surface area contributed by atoms with Gasteiger partial charge in [0.2, 0.25) is 0 Å². The number of rotatable bonds is 4. The molecule has 11 heavy (non-hydrogen) atoms. The molecule has 1 unspecified atom stereocenters. The molecule has 0 heterocycles. The SMILES string of the molecule is C=CCOC(=O)C(O)CN.Cl. The summed E-state index contributed by atoms with van der Waals surface area (Å²) < 4.78 is 4.46. The first-order chi connectivity index (χ1) is 4.72. The zero-order valence-electron chi connectivity index (χ0n) is 6.03. The normalized spacial score (nSPS) is 11.1. The Morgan fingerprint density at radius 3 is 2.73 bits per heavy atom. The van der Waals surface area contributed by atoms with Crippen LogP contribution < -0.4 is 5.73 Å². The molecular formula is C6H12ClNO3. The minimum atomic E-state index is -1.21. The number of halogens is 1. The summed E-state index contributed by atoms with van der Waals surface area (Å²) in [5.74, 6) is -0.706. The highest BCUT2D eigenvalue weighted by atomic mass is 35.5. The molecular weight excluding hydrogens is 170 g/mol. The van der Waals surface area contributed by atoms with Gasteiger partial charge in [-0.05, 0) is 0 Å². The molecule has 0 spiro atoms. The minimum Gasteiger partial charge on any atom is -0.460 e. The third-order valence-electron chi connectivity index (χ3n) is 0.839. The van der Waals surface area contributed by atoms with Crippen molar-refractivity contribution >= 4 is 18.4 Å². The maximum absolute atomic E-state index is 10.5. The van der Waals surface area contributed by atoms with Crippen molar-refractivity contribution in [3.63, 3.8) is 0 Å². The van der Waals surface area contributed by atoms with Crippen molar-refractivity contribution in [1.82, 2.24) is 0 Å². The predicted molar refractivity (Wildman–Crippen MR) is 43.5 cm³/mol. The van der Waals surface area contributed by atoms with Crippen LogP contribution in [0.15, 0.2) is 12.7 Å². The molecule has 66 valence electrons. The lowest BCUT2D eigenvalue weighted by Gasteiger charge is -2.05. The number of aliphatic hydroxyl groups excluding tert-OH is 1. The van der Waals surface area contributed by atoms with Gasteiger partial charge in [-0.3, -0.25) is 0 Å². The molecule has 0 fully saturated rings. The molecule has 4 nitrogen and oxygen atoms in total. The number of hydrogen-bond donors (Lipinski definition) is 2. The largest absolute Gasteiger partial charge is 0.460 e. The number of hydrogen-bond acceptors (Lipinski definition) is 4. The Labute approximate surface area is 71.4 Å². The molecule has 0 aromatic rings. The summed E-state index contributed by atoms with van der Waals surface area (Å²) in [5, 5.41) is 8.72. The maximum atomic E-state index is 10.5. The zero-order chi connectivity index (χ0) is 7.98. The topological polar surface area (TPSA) is 72.5 Å². The molecule has 0 saturated heterocycles. The van der Waals surface area contributed by atoms with E-state index in [2.05, 4.69) is 11.3 Å². The second-order valence-electron chi connectivity index (χ2n) is 1.67. The number of aliphatic hydroxyl groups is 1. The van der Waals surface area contributed by atoms with Gasteiger partial charge in [0.1, 0.15) is 6.61 Å². The van der Waals surface area contributed by atoms with Crippen LogP contribution >= 0.6 is 12.4 Å². The second-order valence-corrected chi connectivity index (χ2v) is 1.67. The third-order valence-corrected chi connectivity index (χ3v) is 0.839. The first kappa shape index (κ1) is 13.0. The molecule has 5 heteroatoms. The maximum Gasteiger partial charge on any atom is 0.336 e. The van der Waals surface area contributed by atoms with Crippen LogP contribution in [0, 0.1) is 0 Å². The van der Waals surface area contributed by atoms with Gasteiger partial charge in [-0.15, -0.1) is 12.4 Å². The number of ether oxygens (including phenoxy) is 1. The highest BCUT2D eigenvalue weighted by Crippen LogP contribution is 1.85. The molecule has 0 aromatic carbocycles. The van der Waals surface area contributed by atoms with Crippen molar-refractivity contribution in [2.24, 2.45) is 5.73 Å². The molecule has 0 aliphatic rings. The second kappa shape index (κ2) is 7.53. The third kappa shape index (κ3) is 5.84. The van der Waals surface area contributed by atoms with E-state index < -0.39 is 12.1 Å². The average molecular weight is 182 g/mol. The van der Waals surface area contributed by atoms with E-state index in [0.717, 1.165) is 0 Å². The van der Waals surface area contributed by atoms with Crippen LogP contribution in [0.4, 0.5) is 0 Å². The smallest absolute Gasteiger partial charge is 0.336 e. The molecule has 0 saturated carbocycles. The first-order valence-electron chi connectivity index (χ1n) is 2.88. The molecule has 0 aliphatic heterocycles. The number of carbonyl (C=O) groups is 1. The molecule has 0 amide bonds. The van der Waals surface area contributed by atoms with Crippen LogP contribution in [0.2, 0.25) is 0 Å². The number of esters is 1. The molecule has 0 rings (SSSR count). The Morgan fingerprint density at radius 2 is 2.36 bits per heavy atom. The van der Waals surface area contributed by atoms with Crippen LogP contribution in [0.1, 0.15) is 0 Å². The van der Waals surface area contributed by atoms with E-state index in [1.165, 1.54) is 6.08 Å². The van der Waals surface area contributed by atoms with Crippen molar-refractivity contribution in [2.45, 2.75) is 6.10 Å². The summed E-state index contributed by atoms with van der Waals surface area (Å²) >= 11 is 0. The Morgan fingerprint density at radius 1 is 1.82 bits per heavy atom. The predicted octanol–water partition coefficient (Wildman–Crippen LogP) is -0.543. The molecule has 3 N–H and O–H groups in total. The monoisotopic (exact) mass is 181 g/mol. The van der Waals surface area contributed by atoms with Gasteiger partial charge in [0.05, 0.1) is 0 Å². The summed E-state index contributed by atoms with van der Waals surface area (Å²) in [6, 6.07) is 0. The van der Waals surface area contributed by atoms with Crippen molar-refractivity contribution in [2.75, 3.05) is 13.2 Å². The highest BCUT2D eigenvalue weighted by molar-refractivity contribution is 5.85. The average Bonchev–Trinajstić information content (AvgIpc) is 1.98. The molecule has 0 bridgehead atoms. The number of nitrogens with two attached hydrogens (primary N) is 1. The van der Waals surface area contributed by atoms with E-state index in [9.17, 15) is 4.79 Å². The van der Waals surface area contributed by atoms with Gasteiger partial charge in [0.15, 0.2) is 6.10 Å². The van der Waals surface area contributed by atoms with Gasteiger partial charge in [0.25, 0.3) is 0 Å². The van der Waals surface area contributed by atoms with Crippen molar-refractivity contribution in [1.29, 1.82) is 0 Å². The van der Waals surface area contributed by atoms with Crippen LogP contribution in [-0.2, 0) is 9.53 Å². The summed E-state index contributed by atoms with van der Waals surface area (Å²) in [7, 11) is 0. The lowest BCUT2D eigenvalue weighted by Crippen LogP contribution is -2.30. The molecule has 1 atom stereocenters. The summed E-state index contributed by atoms with van der Waals surface area (Å²) in [5.41, 5.74) is 4.97. The Kier molecular flexibility index (Phi) is 8.92. The van der Waals surface area contributed by atoms with Gasteiger partial charge in [-0.1, -0.05) is 12.7 Å². The molecule has 0 radical (unpaired) electrons. The summed E-state index contributed by atoms with van der Waals surface area (Å²) in [6.45, 7) is 3.32. The zero-order valence-corrected chi connectivity index (χ0v) is 6.84. The van der Waals surface area contributed by atoms with Crippen molar-refractivity contribution < 1.29 is 14.6 Å². The Bertz CT molecular complexity index is 129. The fourth-order valence-corrected chi connectivity index (χ4v) is 0.333. The van der Waals surface area contributed by atoms with Gasteiger partial charge >= 0.3 is 5.97 Å². The van der Waals surface area contributed by atoms with Crippen LogP contribution in [-0.4, -0.2) is 30.3 Å². The van der Waals surface area contributed by atoms with Crippen molar-refractivity contribution in [3.05, 3.63) is 12.7 Å². The fourth-order valence-electron chi connectivity index (χ4n) is 0.333. The van der Waals surface area contributed by atoms with E-state index in [0.29, 0.717) is 0 Å². The van der Waals surface area contributed by atoms with Crippen molar-refractivity contribution in [3.8, 4) is 0 Å². The van der Waals surface area contributed by atoms with E-state index >= 15 is 0 Å². The molecule has 0 aliphatic carbocycles. The molecule has 0 aromatic heterocycles. The fraction of sp³-hybridized carbons (Fsp3) is 0.500. The van der Waals surface area contributed by atoms with Crippen LogP contribution in [0.5, 0.6) is 0 Å². The standard InChI is InChI=1S/C6H11NO3.ClH/c1-2-3-10-6(9)5(8)4-7;/h2,5,8H,1,3-4,7H2;1H. The van der Waals surface area contributed by atoms with Crippen LogP contribution in [0.3, 0.4) is 0 Å². The lowest BCUT2D eigenvalue weighted by molar-refractivity contribution is -0.151. The van der Waals surface area contributed by atoms with E-state index in [1.807, 2.05) is 0 Å². The summed E-state index contributed by atoms with van der Waals surface area (Å²) in [4.78, 5) is 10.5. The van der Waals surface area contributed by atoms with Gasteiger partial charge in [0, 0.05) is 6.54 Å². The van der Waals surface area contributed by atoms with E-state index in [1.54, 1.807) is 0 Å². The summed E-state index contributed by atoms with van der Waals surface area (Å²) in [6.07, 6.45) is 0.209. The Balaban J connectivity index is 0. The van der Waals surface area contributed by atoms with Crippen LogP contribution in [0.25, 0.3) is 0 Å². The van der Waals surface area contributed by atoms with E-state index in [-0.39, 0.29) is 25.6 Å². The highest BCUT2D eigenvalue weighted by Gasteiger charge is 2.12. The lowest BCUT2D eigenvalue weighted by atomic mass is 10.4. The van der Waals surface area contributed by atoms with Gasteiger partial charge in [-0.2, -0.15) is 0 Å². The van der Waals surface area contributed by atoms with E-state index in [4.69, 9.17) is 10.8 Å². The van der Waals surface area contributed by atoms with Gasteiger partial charge < -0.3 is 15.6 Å². The van der Waals surface area contributed by atoms with Gasteiger partial charge in [-0.25, -0.2) is 4.79 Å². The minimum absolute atomic E-state index is 0. The first-order valence-corrected chi connectivity index (χ1v) is 2.88. The Hall–Kier alpha value is -0.580. The number of carbonyl (C=O) groups excluding carboxylic acids is 1.